The first-order valence-corrected chi connectivity index (χ1v) is 3.62. The molecule has 0 radical (unpaired) electrons. The van der Waals surface area contributed by atoms with E-state index in [0.29, 0.717) is 0 Å². The molecule has 0 aliphatic carbocycles. The fourth-order valence-corrected chi connectivity index (χ4v) is 0.350. The summed E-state index contributed by atoms with van der Waals surface area (Å²) in [6, 6.07) is 0. The van der Waals surface area contributed by atoms with Gasteiger partial charge >= 0.3 is 3.67 Å². The smallest absolute Gasteiger partial charge is 0.304 e. The van der Waals surface area contributed by atoms with Gasteiger partial charge in [0.1, 0.15) is 0 Å². The number of aliphatic imine (C=N–C) groups is 1. The molecule has 0 saturated heterocycles. The average molecular weight is 253 g/mol. The monoisotopic (exact) mass is 253 g/mol. The van der Waals surface area contributed by atoms with Crippen LogP contribution in [0.5, 0.6) is 0 Å². The molecular formula is C5H10IN4+. The maximum Gasteiger partial charge on any atom is 0.448 e. The number of rotatable bonds is 2. The molecule has 56 valence electrons. The number of nitrogens with two attached hydrogens (primary N) is 2. The minimum absolute atomic E-state index is 1.04. The van der Waals surface area contributed by atoms with Crippen LogP contribution in [0.25, 0.3) is 4.85 Å². The highest BCUT2D eigenvalue weighted by Crippen LogP contribution is 2.29. The van der Waals surface area contributed by atoms with Crippen molar-refractivity contribution in [2.45, 2.75) is 16.3 Å². The van der Waals surface area contributed by atoms with E-state index < -0.39 is 9.33 Å². The van der Waals surface area contributed by atoms with Gasteiger partial charge in [0.05, 0.1) is 22.6 Å². The van der Waals surface area contributed by atoms with Crippen LogP contribution < -0.4 is 11.5 Å². The molecule has 4 nitrogen and oxygen atoms in total. The van der Waals surface area contributed by atoms with Crippen molar-refractivity contribution in [3.05, 3.63) is 4.85 Å². The summed E-state index contributed by atoms with van der Waals surface area (Å²) >= 11 is 1.84. The molecule has 0 aliphatic rings. The molecule has 0 aromatic rings. The Morgan fingerprint density at radius 3 is 2.10 bits per heavy atom. The minimum atomic E-state index is -1.08. The van der Waals surface area contributed by atoms with Crippen molar-refractivity contribution in [2.75, 3.05) is 0 Å². The number of nitrogens with zero attached hydrogens (tertiary/aromatic N) is 2. The lowest BCUT2D eigenvalue weighted by Crippen LogP contribution is -2.59. The molecule has 0 aromatic carbocycles. The van der Waals surface area contributed by atoms with Gasteiger partial charge in [-0.1, -0.05) is 0 Å². The third kappa shape index (κ3) is 1.65. The van der Waals surface area contributed by atoms with E-state index in [2.05, 4.69) is 16.6 Å². The normalized spacial score (nSPS) is 17.1. The van der Waals surface area contributed by atoms with Gasteiger partial charge in [-0.25, -0.2) is 4.99 Å². The van der Waals surface area contributed by atoms with E-state index in [1.54, 1.807) is 6.92 Å². The summed E-state index contributed by atoms with van der Waals surface area (Å²) in [5.74, 6) is 0. The van der Waals surface area contributed by atoms with E-state index in [4.69, 9.17) is 18.0 Å². The summed E-state index contributed by atoms with van der Waals surface area (Å²) < 4.78 is -1.04. The first kappa shape index (κ1) is 9.81. The second-order valence-corrected chi connectivity index (χ2v) is 3.66. The molecule has 1 unspecified atom stereocenters. The Balaban J connectivity index is 4.71. The third-order valence-electron chi connectivity index (χ3n) is 1.07. The topological polar surface area (TPSA) is 68.8 Å². The molecule has 0 aliphatic heterocycles. The summed E-state index contributed by atoms with van der Waals surface area (Å²) in [7, 11) is 0. The lowest BCUT2D eigenvalue weighted by atomic mass is 10.2. The fraction of sp³-hybridized carbons (Fsp3) is 0.600. The second kappa shape index (κ2) is 2.82. The SMILES string of the molecule is C#[N+]C(I)(N=C)C(C)(N)N. The number of alkyl halides is 1. The van der Waals surface area contributed by atoms with Crippen molar-refractivity contribution in [3.8, 4) is 6.57 Å². The largest absolute Gasteiger partial charge is 0.448 e. The Hall–Kier alpha value is -0.190. The van der Waals surface area contributed by atoms with Crippen LogP contribution in [0.3, 0.4) is 0 Å². The summed E-state index contributed by atoms with van der Waals surface area (Å²) in [6.07, 6.45) is 0. The quantitative estimate of drug-likeness (QED) is 0.245. The predicted octanol–water partition coefficient (Wildman–Crippen LogP) is 0.372. The van der Waals surface area contributed by atoms with Crippen LogP contribution in [0.15, 0.2) is 4.99 Å². The molecule has 0 aromatic heterocycles. The van der Waals surface area contributed by atoms with E-state index in [0.717, 1.165) is 0 Å². The van der Waals surface area contributed by atoms with Crippen molar-refractivity contribution < 1.29 is 0 Å². The van der Waals surface area contributed by atoms with Crippen molar-refractivity contribution >= 4 is 29.3 Å². The minimum Gasteiger partial charge on any atom is -0.304 e. The molecule has 0 heterocycles. The lowest BCUT2D eigenvalue weighted by Gasteiger charge is -2.20. The van der Waals surface area contributed by atoms with Gasteiger partial charge in [0.15, 0.2) is 5.66 Å². The molecular weight excluding hydrogens is 243 g/mol. The Labute approximate surface area is 73.6 Å². The van der Waals surface area contributed by atoms with Crippen molar-refractivity contribution in [1.82, 2.24) is 0 Å². The summed E-state index contributed by atoms with van der Waals surface area (Å²) in [4.78, 5) is 7.02. The van der Waals surface area contributed by atoms with Crippen molar-refractivity contribution in [3.63, 3.8) is 0 Å². The Morgan fingerprint density at radius 2 is 2.10 bits per heavy atom. The zero-order chi connectivity index (χ0) is 8.41. The van der Waals surface area contributed by atoms with Gasteiger partial charge in [-0.3, -0.25) is 0 Å². The van der Waals surface area contributed by atoms with E-state index in [1.165, 1.54) is 0 Å². The van der Waals surface area contributed by atoms with Crippen LogP contribution in [0.2, 0.25) is 0 Å². The Bertz CT molecular complexity index is 177. The van der Waals surface area contributed by atoms with Gasteiger partial charge in [0.2, 0.25) is 0 Å². The highest BCUT2D eigenvalue weighted by molar-refractivity contribution is 14.1. The van der Waals surface area contributed by atoms with Gasteiger partial charge in [0.25, 0.3) is 6.57 Å². The average Bonchev–Trinajstić information content (AvgIpc) is 1.84. The number of halogens is 1. The van der Waals surface area contributed by atoms with Gasteiger partial charge in [-0.05, 0) is 18.5 Å². The van der Waals surface area contributed by atoms with Crippen molar-refractivity contribution in [1.29, 1.82) is 0 Å². The molecule has 10 heavy (non-hydrogen) atoms. The zero-order valence-electron chi connectivity index (χ0n) is 5.71. The van der Waals surface area contributed by atoms with E-state index in [-0.39, 0.29) is 0 Å². The predicted molar refractivity (Wildman–Crippen MR) is 51.4 cm³/mol. The summed E-state index contributed by atoms with van der Waals surface area (Å²) in [6.45, 7) is 9.88. The van der Waals surface area contributed by atoms with Crippen LogP contribution in [0, 0.1) is 6.57 Å². The van der Waals surface area contributed by atoms with Crippen LogP contribution >= 0.6 is 22.6 Å². The van der Waals surface area contributed by atoms with Crippen molar-refractivity contribution in [2.24, 2.45) is 16.5 Å². The van der Waals surface area contributed by atoms with Crippen LogP contribution in [-0.4, -0.2) is 16.0 Å². The van der Waals surface area contributed by atoms with E-state index >= 15 is 0 Å². The highest BCUT2D eigenvalue weighted by atomic mass is 127. The van der Waals surface area contributed by atoms with Gasteiger partial charge in [0, 0.05) is 0 Å². The van der Waals surface area contributed by atoms with Gasteiger partial charge in [-0.2, -0.15) is 0 Å². The van der Waals surface area contributed by atoms with E-state index in [1.807, 2.05) is 22.6 Å². The molecule has 0 amide bonds. The first-order valence-electron chi connectivity index (χ1n) is 2.54. The Morgan fingerprint density at radius 1 is 1.70 bits per heavy atom. The highest BCUT2D eigenvalue weighted by Gasteiger charge is 2.50. The van der Waals surface area contributed by atoms with E-state index in [9.17, 15) is 0 Å². The molecule has 0 bridgehead atoms. The molecule has 4 N–H and O–H groups in total. The molecule has 5 heteroatoms. The van der Waals surface area contributed by atoms with Crippen LogP contribution in [-0.2, 0) is 0 Å². The fourth-order valence-electron chi connectivity index (χ4n) is 0.350. The molecule has 0 saturated carbocycles. The zero-order valence-corrected chi connectivity index (χ0v) is 7.87. The Kier molecular flexibility index (Phi) is 2.76. The molecule has 0 rings (SSSR count). The summed E-state index contributed by atoms with van der Waals surface area (Å²) in [5, 5.41) is 0. The molecule has 1 atom stereocenters. The van der Waals surface area contributed by atoms with Crippen LogP contribution in [0.4, 0.5) is 0 Å². The first-order chi connectivity index (χ1) is 4.37. The lowest BCUT2D eigenvalue weighted by molar-refractivity contribution is 0.425. The summed E-state index contributed by atoms with van der Waals surface area (Å²) in [5.41, 5.74) is 9.92. The molecule has 0 fully saturated rings. The number of hydrogen-bond donors (Lipinski definition) is 2. The second-order valence-electron chi connectivity index (χ2n) is 2.16. The number of hydrogen-bond acceptors (Lipinski definition) is 3. The van der Waals surface area contributed by atoms with Gasteiger partial charge < -0.3 is 11.5 Å². The maximum atomic E-state index is 5.50. The third-order valence-corrected chi connectivity index (χ3v) is 2.85. The van der Waals surface area contributed by atoms with Gasteiger partial charge in [-0.15, -0.1) is 0 Å². The standard InChI is InChI=1S/C5H10IN4/c1-4(7,8)5(6,9-2)10-3/h2H,3,7-8H2,1H3/q+1. The maximum absolute atomic E-state index is 5.50. The molecule has 0 spiro atoms. The van der Waals surface area contributed by atoms with Crippen LogP contribution in [0.1, 0.15) is 6.92 Å².